The number of hydrogen-bond acceptors (Lipinski definition) is 3. The van der Waals surface area contributed by atoms with Gasteiger partial charge in [0.2, 0.25) is 0 Å². The van der Waals surface area contributed by atoms with Crippen molar-refractivity contribution in [3.05, 3.63) is 0 Å². The summed E-state index contributed by atoms with van der Waals surface area (Å²) < 4.78 is 43.0. The van der Waals surface area contributed by atoms with Gasteiger partial charge < -0.3 is 20.1 Å². The van der Waals surface area contributed by atoms with E-state index in [-0.39, 0.29) is 11.6 Å². The molecule has 2 aliphatic rings. The van der Waals surface area contributed by atoms with Crippen molar-refractivity contribution in [2.45, 2.75) is 68.9 Å². The Labute approximate surface area is 134 Å². The molecular weight excluding hydrogens is 313 g/mol. The first-order valence-electron chi connectivity index (χ1n) is 8.12. The number of halogens is 3. The Morgan fingerprint density at radius 1 is 1.39 bits per heavy atom. The molecule has 0 unspecified atom stereocenters. The van der Waals surface area contributed by atoms with Gasteiger partial charge >= 0.3 is 12.2 Å². The molecule has 0 aromatic rings. The second-order valence-electron chi connectivity index (χ2n) is 6.67. The van der Waals surface area contributed by atoms with Crippen LogP contribution in [-0.4, -0.2) is 60.2 Å². The van der Waals surface area contributed by atoms with Gasteiger partial charge in [0, 0.05) is 19.7 Å². The van der Waals surface area contributed by atoms with Gasteiger partial charge in [0.25, 0.3) is 0 Å². The maximum atomic E-state index is 12.3. The smallest absolute Gasteiger partial charge is 0.382 e. The molecule has 1 heterocycles. The van der Waals surface area contributed by atoms with Crippen LogP contribution in [0, 0.1) is 0 Å². The molecular formula is C15H25F3N2O3. The molecule has 2 atom stereocenters. The zero-order valence-electron chi connectivity index (χ0n) is 13.4. The number of rotatable bonds is 3. The molecule has 0 radical (unpaired) electrons. The van der Waals surface area contributed by atoms with Crippen molar-refractivity contribution in [1.29, 1.82) is 0 Å². The summed E-state index contributed by atoms with van der Waals surface area (Å²) in [5.41, 5.74) is -0.182. The van der Waals surface area contributed by atoms with E-state index in [1.807, 2.05) is 0 Å². The summed E-state index contributed by atoms with van der Waals surface area (Å²) in [5, 5.41) is 11.8. The van der Waals surface area contributed by atoms with E-state index >= 15 is 0 Å². The third-order valence-electron chi connectivity index (χ3n) is 4.76. The van der Waals surface area contributed by atoms with Gasteiger partial charge in [0.15, 0.2) is 6.10 Å². The molecule has 0 aromatic carbocycles. The average Bonchev–Trinajstić information content (AvgIpc) is 2.47. The topological polar surface area (TPSA) is 61.8 Å². The third kappa shape index (κ3) is 4.97. The molecule has 2 amide bonds. The maximum absolute atomic E-state index is 12.3. The van der Waals surface area contributed by atoms with Crippen molar-refractivity contribution in [2.24, 2.45) is 0 Å². The van der Waals surface area contributed by atoms with Crippen LogP contribution >= 0.6 is 0 Å². The molecule has 2 fully saturated rings. The zero-order chi connectivity index (χ0) is 17.1. The van der Waals surface area contributed by atoms with Crippen molar-refractivity contribution in [2.75, 3.05) is 20.2 Å². The van der Waals surface area contributed by atoms with Crippen molar-refractivity contribution >= 4 is 6.03 Å². The zero-order valence-corrected chi connectivity index (χ0v) is 13.4. The number of carbonyl (C=O) groups excluding carboxylic acids is 1. The second kappa shape index (κ2) is 7.25. The third-order valence-corrected chi connectivity index (χ3v) is 4.76. The fourth-order valence-corrected chi connectivity index (χ4v) is 3.43. The Hall–Kier alpha value is -1.02. The SMILES string of the molecule is CN(C[C@@H](O)C(F)(F)F)C(=O)N[C@@H]1CCOC2(CCCCC2)C1. The standard InChI is InChI=1S/C15H25F3N2O3/c1-20(10-12(21)15(16,17)18)13(22)19-11-5-8-23-14(9-11)6-3-2-4-7-14/h11-12,21H,2-10H2,1H3,(H,19,22)/t11-,12-/m1/s1. The van der Waals surface area contributed by atoms with E-state index in [2.05, 4.69) is 5.32 Å². The van der Waals surface area contributed by atoms with Gasteiger partial charge in [0.05, 0.1) is 12.1 Å². The summed E-state index contributed by atoms with van der Waals surface area (Å²) in [6.45, 7) is -0.219. The van der Waals surface area contributed by atoms with Crippen LogP contribution in [0.4, 0.5) is 18.0 Å². The largest absolute Gasteiger partial charge is 0.416 e. The van der Waals surface area contributed by atoms with Gasteiger partial charge in [-0.1, -0.05) is 19.3 Å². The number of hydrogen-bond donors (Lipinski definition) is 2. The van der Waals surface area contributed by atoms with Crippen molar-refractivity contribution < 1.29 is 27.8 Å². The first-order valence-corrected chi connectivity index (χ1v) is 8.12. The number of ether oxygens (including phenoxy) is 1. The molecule has 1 aliphatic carbocycles. The molecule has 0 aromatic heterocycles. The predicted molar refractivity (Wildman–Crippen MR) is 78.0 cm³/mol. The van der Waals surface area contributed by atoms with Gasteiger partial charge in [-0.3, -0.25) is 0 Å². The number of likely N-dealkylation sites (N-methyl/N-ethyl adjacent to an activating group) is 1. The summed E-state index contributed by atoms with van der Waals surface area (Å²) in [5.74, 6) is 0. The fraction of sp³-hybridized carbons (Fsp3) is 0.933. The van der Waals surface area contributed by atoms with E-state index in [1.165, 1.54) is 13.5 Å². The summed E-state index contributed by atoms with van der Waals surface area (Å²) in [6.07, 6.45) is -0.532. The van der Waals surface area contributed by atoms with Crippen LogP contribution in [0.15, 0.2) is 0 Å². The van der Waals surface area contributed by atoms with Crippen molar-refractivity contribution in [3.63, 3.8) is 0 Å². The van der Waals surface area contributed by atoms with E-state index in [4.69, 9.17) is 9.84 Å². The lowest BCUT2D eigenvalue weighted by Crippen LogP contribution is -2.53. The first-order chi connectivity index (χ1) is 10.7. The highest BCUT2D eigenvalue weighted by molar-refractivity contribution is 5.74. The van der Waals surface area contributed by atoms with Gasteiger partial charge in [-0.2, -0.15) is 13.2 Å². The number of nitrogens with zero attached hydrogens (tertiary/aromatic N) is 1. The predicted octanol–water partition coefficient (Wildman–Crippen LogP) is 2.43. The number of amides is 2. The highest BCUT2D eigenvalue weighted by atomic mass is 19.4. The van der Waals surface area contributed by atoms with E-state index in [0.29, 0.717) is 19.4 Å². The Morgan fingerprint density at radius 3 is 2.65 bits per heavy atom. The molecule has 1 saturated heterocycles. The quantitative estimate of drug-likeness (QED) is 0.831. The Bertz CT molecular complexity index is 406. The number of alkyl halides is 3. The number of nitrogens with one attached hydrogen (secondary N) is 1. The lowest BCUT2D eigenvalue weighted by molar-refractivity contribution is -0.205. The van der Waals surface area contributed by atoms with E-state index in [0.717, 1.165) is 30.6 Å². The van der Waals surface area contributed by atoms with E-state index in [9.17, 15) is 18.0 Å². The van der Waals surface area contributed by atoms with Gasteiger partial charge in [-0.15, -0.1) is 0 Å². The monoisotopic (exact) mass is 338 g/mol. The summed E-state index contributed by atoms with van der Waals surface area (Å²) in [7, 11) is 1.25. The molecule has 1 saturated carbocycles. The van der Waals surface area contributed by atoms with Crippen LogP contribution < -0.4 is 5.32 Å². The maximum Gasteiger partial charge on any atom is 0.416 e. The molecule has 2 rings (SSSR count). The Kier molecular flexibility index (Phi) is 5.78. The van der Waals surface area contributed by atoms with Crippen LogP contribution in [0.2, 0.25) is 0 Å². The molecule has 8 heteroatoms. The minimum atomic E-state index is -4.72. The molecule has 5 nitrogen and oxygen atoms in total. The van der Waals surface area contributed by atoms with Crippen LogP contribution in [0.5, 0.6) is 0 Å². The minimum absolute atomic E-state index is 0.0974. The molecule has 134 valence electrons. The number of urea groups is 1. The van der Waals surface area contributed by atoms with E-state index in [1.54, 1.807) is 0 Å². The Morgan fingerprint density at radius 2 is 2.04 bits per heavy atom. The van der Waals surface area contributed by atoms with E-state index < -0.39 is 24.9 Å². The summed E-state index contributed by atoms with van der Waals surface area (Å²) in [4.78, 5) is 12.9. The molecule has 0 bridgehead atoms. The molecule has 1 spiro atoms. The molecule has 2 N–H and O–H groups in total. The average molecular weight is 338 g/mol. The Balaban J connectivity index is 1.84. The van der Waals surface area contributed by atoms with Gasteiger partial charge in [-0.05, 0) is 25.7 Å². The number of carbonyl (C=O) groups is 1. The lowest BCUT2D eigenvalue weighted by Gasteiger charge is -2.43. The van der Waals surface area contributed by atoms with Crippen molar-refractivity contribution in [1.82, 2.24) is 10.2 Å². The first kappa shape index (κ1) is 18.3. The fourth-order valence-electron chi connectivity index (χ4n) is 3.43. The van der Waals surface area contributed by atoms with Crippen molar-refractivity contribution in [3.8, 4) is 0 Å². The lowest BCUT2D eigenvalue weighted by atomic mass is 9.78. The number of aliphatic hydroxyl groups excluding tert-OH is 1. The van der Waals surface area contributed by atoms with Crippen LogP contribution in [0.25, 0.3) is 0 Å². The second-order valence-corrected chi connectivity index (χ2v) is 6.67. The molecule has 1 aliphatic heterocycles. The number of aliphatic hydroxyl groups is 1. The summed E-state index contributed by atoms with van der Waals surface area (Å²) >= 11 is 0. The normalized spacial score (nSPS) is 25.9. The highest BCUT2D eigenvalue weighted by Gasteiger charge is 2.41. The van der Waals surface area contributed by atoms with Crippen LogP contribution in [0.3, 0.4) is 0 Å². The molecule has 23 heavy (non-hydrogen) atoms. The summed E-state index contributed by atoms with van der Waals surface area (Å²) in [6, 6.07) is -0.689. The highest BCUT2D eigenvalue weighted by Crippen LogP contribution is 2.38. The van der Waals surface area contributed by atoms with Crippen LogP contribution in [-0.2, 0) is 4.74 Å². The van der Waals surface area contributed by atoms with Gasteiger partial charge in [-0.25, -0.2) is 4.79 Å². The minimum Gasteiger partial charge on any atom is -0.382 e. The van der Waals surface area contributed by atoms with Gasteiger partial charge in [0.1, 0.15) is 0 Å². The van der Waals surface area contributed by atoms with Crippen LogP contribution in [0.1, 0.15) is 44.9 Å².